The van der Waals surface area contributed by atoms with E-state index in [2.05, 4.69) is 20.5 Å². The molecule has 1 aliphatic rings. The lowest BCUT2D eigenvalue weighted by Crippen LogP contribution is -2.34. The first kappa shape index (κ1) is 17.2. The molecule has 1 saturated carbocycles. The minimum Gasteiger partial charge on any atom is -0.491 e. The largest absolute Gasteiger partial charge is 0.491 e. The molecule has 0 bridgehead atoms. The van der Waals surface area contributed by atoms with Crippen LogP contribution in [0.25, 0.3) is 22.2 Å². The number of carbonyl (C=O) groups excluding carboxylic acids is 2. The van der Waals surface area contributed by atoms with Crippen LogP contribution in [0.15, 0.2) is 36.5 Å². The lowest BCUT2D eigenvalue weighted by molar-refractivity contribution is -0.135. The van der Waals surface area contributed by atoms with E-state index in [9.17, 15) is 9.59 Å². The number of anilines is 1. The van der Waals surface area contributed by atoms with Crippen molar-refractivity contribution in [2.45, 2.75) is 32.8 Å². The minimum absolute atomic E-state index is 0.0823. The molecule has 0 unspecified atom stereocenters. The van der Waals surface area contributed by atoms with Crippen LogP contribution in [-0.4, -0.2) is 33.0 Å². The van der Waals surface area contributed by atoms with Gasteiger partial charge in [-0.15, -0.1) is 0 Å². The predicted molar refractivity (Wildman–Crippen MR) is 101 cm³/mol. The van der Waals surface area contributed by atoms with E-state index >= 15 is 0 Å². The predicted octanol–water partition coefficient (Wildman–Crippen LogP) is 3.33. The van der Waals surface area contributed by atoms with Gasteiger partial charge in [0.2, 0.25) is 5.91 Å². The molecule has 1 aromatic carbocycles. The summed E-state index contributed by atoms with van der Waals surface area (Å²) in [6.07, 6.45) is 2.34. The number of H-pyrrole nitrogens is 1. The molecule has 0 radical (unpaired) electrons. The lowest BCUT2D eigenvalue weighted by atomic mass is 9.83. The highest BCUT2D eigenvalue weighted by Gasteiger charge is 2.32. The number of benzene rings is 1. The number of ketones is 1. The molecule has 0 spiro atoms. The minimum atomic E-state index is -0.245. The van der Waals surface area contributed by atoms with E-state index in [1.807, 2.05) is 38.1 Å². The average Bonchev–Trinajstić information content (AvgIpc) is 3.02. The van der Waals surface area contributed by atoms with Crippen LogP contribution in [0, 0.1) is 5.92 Å². The SMILES string of the molecule is CC(C)Oc1ccc2[nH]nc(-c3ccnc(NC(=O)C4CC(=O)C4)c3)c2c1. The van der Waals surface area contributed by atoms with Crippen LogP contribution >= 0.6 is 0 Å². The Morgan fingerprint density at radius 2 is 2.07 bits per heavy atom. The van der Waals surface area contributed by atoms with E-state index in [0.29, 0.717) is 18.7 Å². The highest BCUT2D eigenvalue weighted by Crippen LogP contribution is 2.31. The summed E-state index contributed by atoms with van der Waals surface area (Å²) in [5.41, 5.74) is 2.49. The van der Waals surface area contributed by atoms with Crippen LogP contribution in [0.4, 0.5) is 5.82 Å². The number of amides is 1. The first-order chi connectivity index (χ1) is 13.0. The van der Waals surface area contributed by atoms with Crippen LogP contribution in [0.1, 0.15) is 26.7 Å². The Morgan fingerprint density at radius 3 is 2.81 bits per heavy atom. The number of nitrogens with zero attached hydrogens (tertiary/aromatic N) is 2. The summed E-state index contributed by atoms with van der Waals surface area (Å²) in [7, 11) is 0. The van der Waals surface area contributed by atoms with Crippen molar-refractivity contribution < 1.29 is 14.3 Å². The molecule has 1 amide bonds. The van der Waals surface area contributed by atoms with Gasteiger partial charge < -0.3 is 10.1 Å². The molecule has 7 heteroatoms. The van der Waals surface area contributed by atoms with Crippen molar-refractivity contribution >= 4 is 28.4 Å². The Kier molecular flexibility index (Phi) is 4.35. The molecule has 27 heavy (non-hydrogen) atoms. The normalized spacial score (nSPS) is 14.4. The maximum absolute atomic E-state index is 12.2. The molecular weight excluding hydrogens is 344 g/mol. The highest BCUT2D eigenvalue weighted by atomic mass is 16.5. The molecule has 0 atom stereocenters. The van der Waals surface area contributed by atoms with Crippen molar-refractivity contribution in [2.75, 3.05) is 5.32 Å². The number of pyridine rings is 1. The molecule has 138 valence electrons. The van der Waals surface area contributed by atoms with Crippen LogP contribution in [0.2, 0.25) is 0 Å². The highest BCUT2D eigenvalue weighted by molar-refractivity contribution is 6.02. The Balaban J connectivity index is 1.61. The summed E-state index contributed by atoms with van der Waals surface area (Å²) in [4.78, 5) is 27.4. The fraction of sp³-hybridized carbons (Fsp3) is 0.300. The van der Waals surface area contributed by atoms with E-state index in [1.54, 1.807) is 12.3 Å². The fourth-order valence-corrected chi connectivity index (χ4v) is 3.11. The smallest absolute Gasteiger partial charge is 0.229 e. The van der Waals surface area contributed by atoms with Gasteiger partial charge in [0.1, 0.15) is 23.0 Å². The van der Waals surface area contributed by atoms with Crippen molar-refractivity contribution in [3.63, 3.8) is 0 Å². The number of rotatable bonds is 5. The zero-order chi connectivity index (χ0) is 19.0. The second kappa shape index (κ2) is 6.83. The molecule has 0 aliphatic heterocycles. The third kappa shape index (κ3) is 3.53. The molecule has 2 N–H and O–H groups in total. The quantitative estimate of drug-likeness (QED) is 0.724. The summed E-state index contributed by atoms with van der Waals surface area (Å²) >= 11 is 0. The Morgan fingerprint density at radius 1 is 1.26 bits per heavy atom. The van der Waals surface area contributed by atoms with Gasteiger partial charge >= 0.3 is 0 Å². The maximum Gasteiger partial charge on any atom is 0.229 e. The first-order valence-corrected chi connectivity index (χ1v) is 8.93. The van der Waals surface area contributed by atoms with Gasteiger partial charge in [-0.3, -0.25) is 14.7 Å². The van der Waals surface area contributed by atoms with Crippen molar-refractivity contribution in [2.24, 2.45) is 5.92 Å². The molecule has 3 aromatic rings. The maximum atomic E-state index is 12.2. The number of ether oxygens (including phenoxy) is 1. The van der Waals surface area contributed by atoms with Crippen LogP contribution in [0.3, 0.4) is 0 Å². The number of carbonyl (C=O) groups is 2. The van der Waals surface area contributed by atoms with Gasteiger partial charge in [0.05, 0.1) is 17.5 Å². The van der Waals surface area contributed by atoms with Crippen LogP contribution in [-0.2, 0) is 9.59 Å². The molecular formula is C20H20N4O3. The van der Waals surface area contributed by atoms with Gasteiger partial charge in [-0.25, -0.2) is 4.98 Å². The van der Waals surface area contributed by atoms with Gasteiger partial charge in [0.15, 0.2) is 0 Å². The zero-order valence-corrected chi connectivity index (χ0v) is 15.2. The third-order valence-electron chi connectivity index (χ3n) is 4.51. The Bertz CT molecular complexity index is 1020. The molecule has 1 fully saturated rings. The number of hydrogen-bond acceptors (Lipinski definition) is 5. The monoisotopic (exact) mass is 364 g/mol. The number of aromatic amines is 1. The van der Waals surface area contributed by atoms with E-state index < -0.39 is 0 Å². The standard InChI is InChI=1S/C20H20N4O3/c1-11(2)27-15-3-4-17-16(10-15)19(24-23-17)12-5-6-21-18(9-12)22-20(26)13-7-14(25)8-13/h3-6,9-11,13H,7-8H2,1-2H3,(H,23,24)(H,21,22,26). The number of aromatic nitrogens is 3. The van der Waals surface area contributed by atoms with Gasteiger partial charge in [0.25, 0.3) is 0 Å². The van der Waals surface area contributed by atoms with Crippen LogP contribution in [0.5, 0.6) is 5.75 Å². The number of hydrogen-bond donors (Lipinski definition) is 2. The van der Waals surface area contributed by atoms with E-state index in [4.69, 9.17) is 4.74 Å². The molecule has 4 rings (SSSR count). The summed E-state index contributed by atoms with van der Waals surface area (Å²) in [6.45, 7) is 3.96. The third-order valence-corrected chi connectivity index (χ3v) is 4.51. The average molecular weight is 364 g/mol. The molecule has 1 aliphatic carbocycles. The van der Waals surface area contributed by atoms with Crippen LogP contribution < -0.4 is 10.1 Å². The molecule has 0 saturated heterocycles. The number of fused-ring (bicyclic) bond motifs is 1. The van der Waals surface area contributed by atoms with Crippen molar-refractivity contribution in [3.8, 4) is 17.0 Å². The molecule has 7 nitrogen and oxygen atoms in total. The van der Waals surface area contributed by atoms with Crippen molar-refractivity contribution in [3.05, 3.63) is 36.5 Å². The summed E-state index contributed by atoms with van der Waals surface area (Å²) in [5, 5.41) is 11.1. The van der Waals surface area contributed by atoms with Gasteiger partial charge in [-0.05, 0) is 44.2 Å². The zero-order valence-electron chi connectivity index (χ0n) is 15.2. The number of nitrogens with one attached hydrogen (secondary N) is 2. The van der Waals surface area contributed by atoms with Crippen molar-refractivity contribution in [1.29, 1.82) is 0 Å². The fourth-order valence-electron chi connectivity index (χ4n) is 3.11. The second-order valence-electron chi connectivity index (χ2n) is 7.01. The van der Waals surface area contributed by atoms with Gasteiger partial charge in [-0.1, -0.05) is 0 Å². The number of Topliss-reactive ketones (excluding diaryl/α,β-unsaturated/α-hetero) is 1. The molecule has 2 heterocycles. The molecule has 2 aromatic heterocycles. The van der Waals surface area contributed by atoms with Crippen molar-refractivity contribution in [1.82, 2.24) is 15.2 Å². The summed E-state index contributed by atoms with van der Waals surface area (Å²) in [6, 6.07) is 9.41. The Labute approximate surface area is 156 Å². The lowest BCUT2D eigenvalue weighted by Gasteiger charge is -2.22. The van der Waals surface area contributed by atoms with E-state index in [-0.39, 0.29) is 23.7 Å². The summed E-state index contributed by atoms with van der Waals surface area (Å²) < 4.78 is 5.77. The van der Waals surface area contributed by atoms with E-state index in [0.717, 1.165) is 27.9 Å². The second-order valence-corrected chi connectivity index (χ2v) is 7.01. The Hall–Kier alpha value is -3.22. The van der Waals surface area contributed by atoms with Gasteiger partial charge in [-0.2, -0.15) is 5.10 Å². The van der Waals surface area contributed by atoms with Gasteiger partial charge in [0, 0.05) is 30.0 Å². The van der Waals surface area contributed by atoms with E-state index in [1.165, 1.54) is 0 Å². The summed E-state index contributed by atoms with van der Waals surface area (Å²) in [5.74, 6) is 0.933. The first-order valence-electron chi connectivity index (χ1n) is 8.93. The topological polar surface area (TPSA) is 97.0 Å².